The summed E-state index contributed by atoms with van der Waals surface area (Å²) in [6, 6.07) is 15.6. The molecule has 3 aromatic carbocycles. The average Bonchev–Trinajstić information content (AvgIpc) is 3.25. The van der Waals surface area contributed by atoms with Gasteiger partial charge in [-0.3, -0.25) is 0 Å². The van der Waals surface area contributed by atoms with Crippen LogP contribution in [0.2, 0.25) is 5.02 Å². The lowest BCUT2D eigenvalue weighted by molar-refractivity contribution is -0.138. The third-order valence-electron chi connectivity index (χ3n) is 6.27. The smallest absolute Gasteiger partial charge is 0.306 e. The van der Waals surface area contributed by atoms with E-state index in [1.165, 1.54) is 12.1 Å². The molecule has 0 fully saturated rings. The quantitative estimate of drug-likeness (QED) is 0.336. The van der Waals surface area contributed by atoms with E-state index in [1.54, 1.807) is 12.1 Å². The van der Waals surface area contributed by atoms with Crippen LogP contribution in [0.15, 0.2) is 77.9 Å². The lowest BCUT2D eigenvalue weighted by Crippen LogP contribution is -2.40. The Hall–Kier alpha value is -3.53. The van der Waals surface area contributed by atoms with Gasteiger partial charge in [-0.05, 0) is 48.4 Å². The monoisotopic (exact) mass is 539 g/mol. The van der Waals surface area contributed by atoms with Crippen LogP contribution in [0.1, 0.15) is 35.6 Å². The highest BCUT2D eigenvalue weighted by atomic mass is 35.5. The molecule has 194 valence electrons. The van der Waals surface area contributed by atoms with Crippen LogP contribution in [-0.2, 0) is 17.8 Å². The van der Waals surface area contributed by atoms with Crippen LogP contribution in [0.3, 0.4) is 0 Å². The number of carbonyl (C=O) groups is 1. The zero-order valence-corrected chi connectivity index (χ0v) is 20.0. The summed E-state index contributed by atoms with van der Waals surface area (Å²) >= 11 is 5.98. The van der Waals surface area contributed by atoms with Gasteiger partial charge >= 0.3 is 18.4 Å². The fourth-order valence-corrected chi connectivity index (χ4v) is 4.61. The van der Waals surface area contributed by atoms with Crippen LogP contribution in [0.25, 0.3) is 0 Å². The van der Waals surface area contributed by atoms with Crippen molar-refractivity contribution in [3.63, 3.8) is 0 Å². The second-order valence-corrected chi connectivity index (χ2v) is 8.91. The van der Waals surface area contributed by atoms with Gasteiger partial charge in [-0.25, -0.2) is 9.80 Å². The van der Waals surface area contributed by atoms with Gasteiger partial charge in [0, 0.05) is 11.3 Å². The van der Waals surface area contributed by atoms with Gasteiger partial charge in [0.1, 0.15) is 0 Å². The lowest BCUT2D eigenvalue weighted by atomic mass is 9.72. The number of rotatable bonds is 4. The summed E-state index contributed by atoms with van der Waals surface area (Å²) < 4.78 is 78.4. The van der Waals surface area contributed by atoms with Gasteiger partial charge in [-0.1, -0.05) is 54.9 Å². The van der Waals surface area contributed by atoms with Crippen molar-refractivity contribution < 1.29 is 31.1 Å². The molecule has 0 bridgehead atoms. The fraction of sp³-hybridized carbons (Fsp3) is 0.231. The number of benzene rings is 3. The summed E-state index contributed by atoms with van der Waals surface area (Å²) in [6.07, 6.45) is -8.71. The zero-order valence-electron chi connectivity index (χ0n) is 19.3. The van der Waals surface area contributed by atoms with Gasteiger partial charge in [0.15, 0.2) is 0 Å². The molecule has 11 heteroatoms. The van der Waals surface area contributed by atoms with Gasteiger partial charge in [0.2, 0.25) is 0 Å². The molecule has 4 rings (SSSR count). The minimum Gasteiger partial charge on any atom is -0.306 e. The molecule has 0 spiro atoms. The van der Waals surface area contributed by atoms with E-state index in [1.807, 2.05) is 25.1 Å². The minimum atomic E-state index is -4.64. The van der Waals surface area contributed by atoms with Gasteiger partial charge in [-0.2, -0.15) is 31.4 Å². The van der Waals surface area contributed by atoms with Crippen molar-refractivity contribution in [1.82, 2.24) is 5.01 Å². The number of nitrogens with one attached hydrogen (secondary N) is 1. The molecule has 4 nitrogen and oxygen atoms in total. The SMILES string of the molecule is CCC1(c2ccccc2)CN(C(=O)Nc2ccc(C(F)(F)F)cc2)N=C1c1ccc(C(F)(F)F)c(Cl)c1. The first kappa shape index (κ1) is 26.5. The van der Waals surface area contributed by atoms with Gasteiger partial charge in [-0.15, -0.1) is 0 Å². The summed E-state index contributed by atoms with van der Waals surface area (Å²) in [5.41, 5.74) is -1.15. The Morgan fingerprint density at radius 3 is 2.16 bits per heavy atom. The highest BCUT2D eigenvalue weighted by molar-refractivity contribution is 6.32. The van der Waals surface area contributed by atoms with Crippen LogP contribution in [-0.4, -0.2) is 23.3 Å². The number of halogens is 7. The predicted octanol–water partition coefficient (Wildman–Crippen LogP) is 7.98. The molecule has 0 radical (unpaired) electrons. The topological polar surface area (TPSA) is 44.7 Å². The third kappa shape index (κ3) is 5.29. The van der Waals surface area contributed by atoms with E-state index in [4.69, 9.17) is 11.6 Å². The Kier molecular flexibility index (Phi) is 6.98. The molecule has 0 saturated carbocycles. The van der Waals surface area contributed by atoms with Crippen LogP contribution < -0.4 is 5.32 Å². The maximum atomic E-state index is 13.3. The number of nitrogens with zero attached hydrogens (tertiary/aromatic N) is 2. The van der Waals surface area contributed by atoms with Crippen molar-refractivity contribution in [2.45, 2.75) is 31.1 Å². The van der Waals surface area contributed by atoms with Gasteiger partial charge in [0.25, 0.3) is 0 Å². The summed E-state index contributed by atoms with van der Waals surface area (Å²) in [7, 11) is 0. The number of carbonyl (C=O) groups excluding carboxylic acids is 1. The maximum absolute atomic E-state index is 13.3. The molecule has 3 aromatic rings. The lowest BCUT2D eigenvalue weighted by Gasteiger charge is -2.30. The van der Waals surface area contributed by atoms with Crippen molar-refractivity contribution in [2.24, 2.45) is 5.10 Å². The average molecular weight is 540 g/mol. The van der Waals surface area contributed by atoms with Crippen molar-refractivity contribution in [3.05, 3.63) is 100 Å². The van der Waals surface area contributed by atoms with Crippen molar-refractivity contribution >= 4 is 29.0 Å². The highest BCUT2D eigenvalue weighted by Crippen LogP contribution is 2.41. The number of urea groups is 1. The Labute approximate surface area is 213 Å². The van der Waals surface area contributed by atoms with E-state index in [-0.39, 0.29) is 12.2 Å². The molecule has 0 aromatic heterocycles. The molecule has 2 amide bonds. The molecule has 0 aliphatic carbocycles. The molecular weight excluding hydrogens is 520 g/mol. The summed E-state index contributed by atoms with van der Waals surface area (Å²) in [4.78, 5) is 13.1. The zero-order chi connectivity index (χ0) is 27.0. The second kappa shape index (κ2) is 9.74. The number of anilines is 1. The normalized spacial score (nSPS) is 18.1. The third-order valence-corrected chi connectivity index (χ3v) is 6.58. The number of alkyl halides is 6. The van der Waals surface area contributed by atoms with E-state index in [0.29, 0.717) is 17.7 Å². The number of hydrogen-bond acceptors (Lipinski definition) is 2. The predicted molar refractivity (Wildman–Crippen MR) is 129 cm³/mol. The molecule has 1 N–H and O–H groups in total. The van der Waals surface area contributed by atoms with Gasteiger partial charge in [0.05, 0.1) is 33.8 Å². The first-order valence-electron chi connectivity index (χ1n) is 11.1. The number of hydrogen-bond donors (Lipinski definition) is 1. The van der Waals surface area contributed by atoms with Crippen LogP contribution in [0.5, 0.6) is 0 Å². The van der Waals surface area contributed by atoms with Crippen molar-refractivity contribution in [2.75, 3.05) is 11.9 Å². The molecule has 1 aliphatic heterocycles. The first-order chi connectivity index (χ1) is 17.3. The fourth-order valence-electron chi connectivity index (χ4n) is 4.32. The second-order valence-electron chi connectivity index (χ2n) is 8.51. The highest BCUT2D eigenvalue weighted by Gasteiger charge is 2.46. The van der Waals surface area contributed by atoms with E-state index >= 15 is 0 Å². The Morgan fingerprint density at radius 2 is 1.62 bits per heavy atom. The number of amides is 2. The summed E-state index contributed by atoms with van der Waals surface area (Å²) in [6.45, 7) is 1.92. The molecule has 1 atom stereocenters. The summed E-state index contributed by atoms with van der Waals surface area (Å²) in [5, 5.41) is 7.61. The van der Waals surface area contributed by atoms with Crippen LogP contribution in [0.4, 0.5) is 36.8 Å². The molecule has 0 saturated heterocycles. The molecule has 1 unspecified atom stereocenters. The van der Waals surface area contributed by atoms with Crippen molar-refractivity contribution in [1.29, 1.82) is 0 Å². The van der Waals surface area contributed by atoms with Crippen LogP contribution >= 0.6 is 11.6 Å². The minimum absolute atomic E-state index is 0.0496. The van der Waals surface area contributed by atoms with E-state index in [9.17, 15) is 31.1 Å². The van der Waals surface area contributed by atoms with E-state index in [2.05, 4.69) is 10.4 Å². The van der Waals surface area contributed by atoms with Crippen LogP contribution in [0, 0.1) is 0 Å². The molecular formula is C26H20ClF6N3O. The van der Waals surface area contributed by atoms with E-state index < -0.39 is 39.9 Å². The molecule has 37 heavy (non-hydrogen) atoms. The van der Waals surface area contributed by atoms with E-state index in [0.717, 1.165) is 40.9 Å². The standard InChI is InChI=1S/C26H20ClF6N3O/c1-2-24(17-6-4-3-5-7-17)15-36(23(37)34-19-11-9-18(10-12-19)25(28,29)30)35-22(24)16-8-13-20(21(27)14-16)26(31,32)33/h3-14H,2,15H2,1H3,(H,34,37). The number of hydrazone groups is 1. The van der Waals surface area contributed by atoms with Gasteiger partial charge < -0.3 is 5.32 Å². The Balaban J connectivity index is 1.71. The van der Waals surface area contributed by atoms with Crippen molar-refractivity contribution in [3.8, 4) is 0 Å². The molecule has 1 heterocycles. The maximum Gasteiger partial charge on any atom is 0.417 e. The Bertz CT molecular complexity index is 1320. The summed E-state index contributed by atoms with van der Waals surface area (Å²) in [5.74, 6) is 0. The Morgan fingerprint density at radius 1 is 0.973 bits per heavy atom. The largest absolute Gasteiger partial charge is 0.417 e. The molecule has 1 aliphatic rings. The first-order valence-corrected chi connectivity index (χ1v) is 11.5.